The number of amides is 1. The van der Waals surface area contributed by atoms with Gasteiger partial charge in [-0.05, 0) is 59.3 Å². The Hall–Kier alpha value is -2.45. The van der Waals surface area contributed by atoms with Gasteiger partial charge in [0.15, 0.2) is 0 Å². The molecule has 3 rings (SSSR count). The molecule has 0 bridgehead atoms. The molecule has 0 saturated heterocycles. The number of benzene rings is 1. The first-order valence-electron chi connectivity index (χ1n) is 8.26. The number of anilines is 1. The van der Waals surface area contributed by atoms with Crippen molar-refractivity contribution >= 4 is 29.0 Å². The minimum atomic E-state index is -1.13. The fourth-order valence-electron chi connectivity index (χ4n) is 3.27. The van der Waals surface area contributed by atoms with Crippen LogP contribution >= 0.6 is 11.6 Å². The van der Waals surface area contributed by atoms with Crippen LogP contribution in [0.1, 0.15) is 37.7 Å². The number of aliphatic hydroxyl groups is 1. The molecule has 8 nitrogen and oxygen atoms in total. The van der Waals surface area contributed by atoms with Gasteiger partial charge in [-0.1, -0.05) is 18.2 Å². The predicted octanol–water partition coefficient (Wildman–Crippen LogP) is 3.10. The molecule has 26 heavy (non-hydrogen) atoms. The van der Waals surface area contributed by atoms with Gasteiger partial charge in [0.05, 0.1) is 18.1 Å². The lowest BCUT2D eigenvalue weighted by Gasteiger charge is -2.24. The average molecular weight is 379 g/mol. The van der Waals surface area contributed by atoms with Gasteiger partial charge in [-0.15, -0.1) is 0 Å². The molecule has 2 unspecified atom stereocenters. The van der Waals surface area contributed by atoms with E-state index < -0.39 is 10.5 Å². The van der Waals surface area contributed by atoms with E-state index in [1.165, 1.54) is 10.8 Å². The lowest BCUT2D eigenvalue weighted by Crippen LogP contribution is -2.30. The van der Waals surface area contributed by atoms with Crippen molar-refractivity contribution < 1.29 is 14.8 Å². The van der Waals surface area contributed by atoms with E-state index in [1.807, 2.05) is 24.3 Å². The Morgan fingerprint density at radius 2 is 2.19 bits per heavy atom. The minimum absolute atomic E-state index is 0.0286. The lowest BCUT2D eigenvalue weighted by atomic mass is 9.91. The van der Waals surface area contributed by atoms with E-state index in [9.17, 15) is 20.0 Å². The Morgan fingerprint density at radius 1 is 1.46 bits per heavy atom. The number of nitro groups is 1. The summed E-state index contributed by atoms with van der Waals surface area (Å²) in [5.74, 6) is -0.607. The summed E-state index contributed by atoms with van der Waals surface area (Å²) >= 11 is 5.89. The van der Waals surface area contributed by atoms with Gasteiger partial charge < -0.3 is 20.5 Å². The molecule has 2 N–H and O–H groups in total. The molecule has 138 valence electrons. The Labute approximate surface area is 155 Å². The Balaban J connectivity index is 1.59. The molecule has 1 aliphatic rings. The topological polar surface area (TPSA) is 110 Å². The van der Waals surface area contributed by atoms with E-state index >= 15 is 0 Å². The Kier molecular flexibility index (Phi) is 4.97. The van der Waals surface area contributed by atoms with Crippen molar-refractivity contribution in [3.05, 3.63) is 51.4 Å². The zero-order chi connectivity index (χ0) is 18.9. The monoisotopic (exact) mass is 378 g/mol. The predicted molar refractivity (Wildman–Crippen MR) is 96.2 cm³/mol. The first kappa shape index (κ1) is 18.3. The normalized spacial score (nSPS) is 18.3. The highest BCUT2D eigenvalue weighted by Crippen LogP contribution is 2.36. The second-order valence-corrected chi connectivity index (χ2v) is 7.11. The summed E-state index contributed by atoms with van der Waals surface area (Å²) in [4.78, 5) is 25.9. The second-order valence-electron chi connectivity index (χ2n) is 6.77. The number of carbonyl (C=O) groups excluding carboxylic acids is 1. The maximum atomic E-state index is 12.1. The van der Waals surface area contributed by atoms with Gasteiger partial charge >= 0.3 is 11.1 Å². The van der Waals surface area contributed by atoms with Crippen LogP contribution in [0.5, 0.6) is 0 Å². The lowest BCUT2D eigenvalue weighted by molar-refractivity contribution is -0.389. The highest BCUT2D eigenvalue weighted by Gasteiger charge is 2.31. The van der Waals surface area contributed by atoms with E-state index in [0.717, 1.165) is 11.3 Å². The first-order valence-corrected chi connectivity index (χ1v) is 8.64. The fraction of sp³-hybridized carbons (Fsp3) is 0.412. The Morgan fingerprint density at radius 3 is 2.88 bits per heavy atom. The van der Waals surface area contributed by atoms with E-state index in [4.69, 9.17) is 11.6 Å². The zero-order valence-electron chi connectivity index (χ0n) is 14.2. The largest absolute Gasteiger partial charge is 0.388 e. The molecule has 0 saturated carbocycles. The van der Waals surface area contributed by atoms with Crippen LogP contribution in [0.2, 0.25) is 5.28 Å². The molecule has 2 atom stereocenters. The number of imidazole rings is 1. The molecule has 2 aromatic rings. The van der Waals surface area contributed by atoms with Crippen molar-refractivity contribution in [2.24, 2.45) is 0 Å². The van der Waals surface area contributed by atoms with Crippen LogP contribution in [0.25, 0.3) is 0 Å². The molecule has 9 heteroatoms. The third kappa shape index (κ3) is 3.86. The van der Waals surface area contributed by atoms with Crippen LogP contribution < -0.4 is 5.32 Å². The summed E-state index contributed by atoms with van der Waals surface area (Å²) < 4.78 is 1.36. The SMILES string of the molecule is CC(O)(CCCC1C(=O)Nc2ccccc21)Cn1cc([N+](=O)[O-])nc1Cl. The average Bonchev–Trinajstić information content (AvgIpc) is 3.08. The Bertz CT molecular complexity index is 849. The van der Waals surface area contributed by atoms with Crippen molar-refractivity contribution in [2.75, 3.05) is 5.32 Å². The first-order chi connectivity index (χ1) is 12.3. The van der Waals surface area contributed by atoms with Crippen molar-refractivity contribution in [3.63, 3.8) is 0 Å². The highest BCUT2D eigenvalue weighted by atomic mass is 35.5. The summed E-state index contributed by atoms with van der Waals surface area (Å²) in [6.45, 7) is 1.72. The number of rotatable bonds is 7. The number of nitrogens with zero attached hydrogens (tertiary/aromatic N) is 3. The summed E-state index contributed by atoms with van der Waals surface area (Å²) in [7, 11) is 0. The van der Waals surface area contributed by atoms with Gasteiger partial charge in [0, 0.05) is 5.69 Å². The number of nitrogens with one attached hydrogen (secondary N) is 1. The molecule has 1 aromatic heterocycles. The molecular formula is C17H19ClN4O4. The molecule has 1 aliphatic heterocycles. The number of para-hydroxylation sites is 1. The van der Waals surface area contributed by atoms with E-state index in [0.29, 0.717) is 19.3 Å². The molecule has 2 heterocycles. The van der Waals surface area contributed by atoms with Crippen molar-refractivity contribution in [2.45, 2.75) is 44.2 Å². The van der Waals surface area contributed by atoms with Gasteiger partial charge in [0.2, 0.25) is 5.91 Å². The number of hydrogen-bond acceptors (Lipinski definition) is 5. The molecule has 0 radical (unpaired) electrons. The summed E-state index contributed by atoms with van der Waals surface area (Å²) in [6.07, 6.45) is 2.85. The van der Waals surface area contributed by atoms with Crippen LogP contribution in [0.15, 0.2) is 30.5 Å². The molecule has 0 fully saturated rings. The number of hydrogen-bond donors (Lipinski definition) is 2. The standard InChI is InChI=1S/C17H19ClN4O4/c1-17(24,10-21-9-14(22(25)26)20-16(21)18)8-4-6-12-11-5-2-3-7-13(11)19-15(12)23/h2-3,5,7,9,12,24H,4,6,8,10H2,1H3,(H,19,23). The van der Waals surface area contributed by atoms with E-state index in [1.54, 1.807) is 6.92 Å². The van der Waals surface area contributed by atoms with Gasteiger partial charge in [-0.25, -0.2) is 0 Å². The molecular weight excluding hydrogens is 360 g/mol. The molecule has 0 aliphatic carbocycles. The molecule has 1 amide bonds. The zero-order valence-corrected chi connectivity index (χ0v) is 14.9. The van der Waals surface area contributed by atoms with Crippen LogP contribution in [0.4, 0.5) is 11.5 Å². The van der Waals surface area contributed by atoms with Gasteiger partial charge in [-0.2, -0.15) is 0 Å². The van der Waals surface area contributed by atoms with Crippen molar-refractivity contribution in [1.82, 2.24) is 9.55 Å². The van der Waals surface area contributed by atoms with Gasteiger partial charge in [-0.3, -0.25) is 9.36 Å². The number of aromatic nitrogens is 2. The van der Waals surface area contributed by atoms with Crippen LogP contribution in [0, 0.1) is 10.1 Å². The molecule has 0 spiro atoms. The number of carbonyl (C=O) groups is 1. The highest BCUT2D eigenvalue weighted by molar-refractivity contribution is 6.28. The minimum Gasteiger partial charge on any atom is -0.388 e. The maximum Gasteiger partial charge on any atom is 0.383 e. The number of halogens is 1. The summed E-state index contributed by atoms with van der Waals surface area (Å²) in [5.41, 5.74) is 0.685. The van der Waals surface area contributed by atoms with Gasteiger partial charge in [0.25, 0.3) is 0 Å². The number of fused-ring (bicyclic) bond motifs is 1. The van der Waals surface area contributed by atoms with Crippen LogP contribution in [-0.4, -0.2) is 31.1 Å². The van der Waals surface area contributed by atoms with E-state index in [2.05, 4.69) is 10.3 Å². The van der Waals surface area contributed by atoms with Crippen LogP contribution in [-0.2, 0) is 11.3 Å². The fourth-order valence-corrected chi connectivity index (χ4v) is 3.47. The van der Waals surface area contributed by atoms with Crippen molar-refractivity contribution in [1.29, 1.82) is 0 Å². The summed E-state index contributed by atoms with van der Waals surface area (Å²) in [5, 5.41) is 24.2. The quantitative estimate of drug-likeness (QED) is 0.568. The van der Waals surface area contributed by atoms with Crippen LogP contribution in [0.3, 0.4) is 0 Å². The maximum absolute atomic E-state index is 12.1. The molecule has 1 aromatic carbocycles. The third-order valence-corrected chi connectivity index (χ3v) is 4.83. The summed E-state index contributed by atoms with van der Waals surface area (Å²) in [6, 6.07) is 7.58. The third-order valence-electron chi connectivity index (χ3n) is 4.53. The smallest absolute Gasteiger partial charge is 0.383 e. The van der Waals surface area contributed by atoms with Crippen molar-refractivity contribution in [3.8, 4) is 0 Å². The van der Waals surface area contributed by atoms with Gasteiger partial charge in [0.1, 0.15) is 6.20 Å². The second kappa shape index (κ2) is 7.05. The van der Waals surface area contributed by atoms with E-state index in [-0.39, 0.29) is 29.5 Å².